The first-order valence-corrected chi connectivity index (χ1v) is 4.50. The molecule has 1 rings (SSSR count). The Morgan fingerprint density at radius 3 is 2.73 bits per heavy atom. The number of alkyl carbamates (subject to hydrolysis) is 1. The van der Waals surface area contributed by atoms with E-state index < -0.39 is 18.9 Å². The fourth-order valence-corrected chi connectivity index (χ4v) is 1.26. The van der Waals surface area contributed by atoms with E-state index in [0.717, 1.165) is 0 Å². The van der Waals surface area contributed by atoms with Gasteiger partial charge in [0, 0.05) is 6.61 Å². The van der Waals surface area contributed by atoms with Crippen LogP contribution >= 0.6 is 0 Å². The van der Waals surface area contributed by atoms with Crippen LogP contribution in [-0.4, -0.2) is 37.6 Å². The van der Waals surface area contributed by atoms with Crippen molar-refractivity contribution < 1.29 is 27.4 Å². The summed E-state index contributed by atoms with van der Waals surface area (Å²) in [6.45, 7) is 0.661. The molecule has 0 aromatic rings. The molecule has 4 nitrogen and oxygen atoms in total. The van der Waals surface area contributed by atoms with Crippen molar-refractivity contribution in [1.29, 1.82) is 0 Å². The molecule has 1 heterocycles. The molecule has 7 heteroatoms. The van der Waals surface area contributed by atoms with Crippen molar-refractivity contribution in [2.24, 2.45) is 0 Å². The molecular weight excluding hydrogens is 215 g/mol. The molecule has 0 aromatic heterocycles. The van der Waals surface area contributed by atoms with Gasteiger partial charge in [0.05, 0.1) is 12.1 Å². The quantitative estimate of drug-likeness (QED) is 0.776. The fourth-order valence-electron chi connectivity index (χ4n) is 1.26. The molecule has 0 aliphatic carbocycles. The van der Waals surface area contributed by atoms with Gasteiger partial charge in [-0.2, -0.15) is 13.2 Å². The van der Waals surface area contributed by atoms with Crippen LogP contribution < -0.4 is 5.32 Å². The summed E-state index contributed by atoms with van der Waals surface area (Å²) in [5.41, 5.74) is 0. The van der Waals surface area contributed by atoms with Crippen LogP contribution in [-0.2, 0) is 9.47 Å². The third-order valence-corrected chi connectivity index (χ3v) is 2.05. The number of rotatable bonds is 2. The van der Waals surface area contributed by atoms with E-state index >= 15 is 0 Å². The smallest absolute Gasteiger partial charge is 0.422 e. The summed E-state index contributed by atoms with van der Waals surface area (Å²) < 4.78 is 44.1. The lowest BCUT2D eigenvalue weighted by molar-refractivity contribution is -0.160. The van der Waals surface area contributed by atoms with Gasteiger partial charge in [-0.25, -0.2) is 4.79 Å². The number of alkyl halides is 3. The van der Waals surface area contributed by atoms with E-state index in [4.69, 9.17) is 4.74 Å². The number of amides is 1. The van der Waals surface area contributed by atoms with Crippen LogP contribution in [0.1, 0.15) is 13.3 Å². The van der Waals surface area contributed by atoms with Gasteiger partial charge in [0.15, 0.2) is 6.61 Å². The number of halogens is 3. The van der Waals surface area contributed by atoms with Gasteiger partial charge in [-0.1, -0.05) is 0 Å². The highest BCUT2D eigenvalue weighted by atomic mass is 19.4. The van der Waals surface area contributed by atoms with Gasteiger partial charge in [-0.05, 0) is 13.3 Å². The molecule has 88 valence electrons. The van der Waals surface area contributed by atoms with Crippen LogP contribution in [0.5, 0.6) is 0 Å². The Balaban J connectivity index is 2.24. The van der Waals surface area contributed by atoms with Crippen molar-refractivity contribution in [2.75, 3.05) is 13.2 Å². The molecular formula is C8H12F3NO3. The third-order valence-electron chi connectivity index (χ3n) is 2.05. The summed E-state index contributed by atoms with van der Waals surface area (Å²) in [5, 5.41) is 2.32. The molecule has 0 radical (unpaired) electrons. The predicted molar refractivity (Wildman–Crippen MR) is 44.4 cm³/mol. The van der Waals surface area contributed by atoms with Crippen LogP contribution in [0.3, 0.4) is 0 Å². The first-order chi connectivity index (χ1) is 6.88. The molecule has 0 bridgehead atoms. The molecule has 1 N–H and O–H groups in total. The van der Waals surface area contributed by atoms with Gasteiger partial charge in [0.2, 0.25) is 0 Å². The second-order valence-electron chi connectivity index (χ2n) is 3.31. The molecule has 1 fully saturated rings. The molecule has 2 unspecified atom stereocenters. The first kappa shape index (κ1) is 12.1. The van der Waals surface area contributed by atoms with E-state index in [1.165, 1.54) is 0 Å². The number of ether oxygens (including phenoxy) is 2. The highest BCUT2D eigenvalue weighted by Gasteiger charge is 2.31. The Hall–Kier alpha value is -0.980. The minimum Gasteiger partial charge on any atom is -0.440 e. The van der Waals surface area contributed by atoms with E-state index in [-0.39, 0.29) is 12.1 Å². The fraction of sp³-hybridized carbons (Fsp3) is 0.875. The average Bonchev–Trinajstić information content (AvgIpc) is 2.47. The summed E-state index contributed by atoms with van der Waals surface area (Å²) in [5.74, 6) is 0. The number of carbonyl (C=O) groups excluding carboxylic acids is 1. The number of carbonyl (C=O) groups is 1. The molecule has 0 saturated carbocycles. The molecule has 1 saturated heterocycles. The predicted octanol–water partition coefficient (Wildman–Crippen LogP) is 1.45. The Kier molecular flexibility index (Phi) is 3.78. The summed E-state index contributed by atoms with van der Waals surface area (Å²) in [6.07, 6.45) is -5.16. The maximum Gasteiger partial charge on any atom is 0.422 e. The normalized spacial score (nSPS) is 26.4. The molecule has 0 aromatic carbocycles. The Morgan fingerprint density at radius 2 is 2.27 bits per heavy atom. The maximum atomic E-state index is 11.7. The lowest BCUT2D eigenvalue weighted by Gasteiger charge is -2.16. The van der Waals surface area contributed by atoms with Crippen LogP contribution in [0.4, 0.5) is 18.0 Å². The lowest BCUT2D eigenvalue weighted by atomic mass is 10.2. The summed E-state index contributed by atoms with van der Waals surface area (Å²) in [4.78, 5) is 10.9. The van der Waals surface area contributed by atoms with Crippen LogP contribution in [0, 0.1) is 0 Å². The number of nitrogens with one attached hydrogen (secondary N) is 1. The topological polar surface area (TPSA) is 47.6 Å². The largest absolute Gasteiger partial charge is 0.440 e. The van der Waals surface area contributed by atoms with Gasteiger partial charge < -0.3 is 14.8 Å². The van der Waals surface area contributed by atoms with Crippen molar-refractivity contribution in [1.82, 2.24) is 5.32 Å². The van der Waals surface area contributed by atoms with Crippen molar-refractivity contribution in [3.63, 3.8) is 0 Å². The van der Waals surface area contributed by atoms with Crippen molar-refractivity contribution in [2.45, 2.75) is 31.7 Å². The van der Waals surface area contributed by atoms with Crippen molar-refractivity contribution in [3.05, 3.63) is 0 Å². The Labute approximate surface area is 84.7 Å². The molecule has 15 heavy (non-hydrogen) atoms. The second kappa shape index (κ2) is 4.69. The van der Waals surface area contributed by atoms with Crippen LogP contribution in [0.15, 0.2) is 0 Å². The monoisotopic (exact) mass is 227 g/mol. The van der Waals surface area contributed by atoms with E-state index in [9.17, 15) is 18.0 Å². The minimum atomic E-state index is -4.49. The second-order valence-corrected chi connectivity index (χ2v) is 3.31. The van der Waals surface area contributed by atoms with Crippen LogP contribution in [0.25, 0.3) is 0 Å². The molecule has 1 aliphatic rings. The number of hydrogen-bond acceptors (Lipinski definition) is 3. The zero-order valence-electron chi connectivity index (χ0n) is 8.13. The van der Waals surface area contributed by atoms with Gasteiger partial charge in [-0.15, -0.1) is 0 Å². The standard InChI is InChI=1S/C8H12F3NO3/c1-5-6(2-3-14-5)12-7(13)15-4-8(9,10)11/h5-6H,2-4H2,1H3,(H,12,13). The maximum absolute atomic E-state index is 11.7. The summed E-state index contributed by atoms with van der Waals surface area (Å²) >= 11 is 0. The Bertz CT molecular complexity index is 232. The van der Waals surface area contributed by atoms with Gasteiger partial charge in [0.1, 0.15) is 0 Å². The van der Waals surface area contributed by atoms with E-state index in [1.807, 2.05) is 0 Å². The molecule has 1 aliphatic heterocycles. The Morgan fingerprint density at radius 1 is 1.60 bits per heavy atom. The van der Waals surface area contributed by atoms with Gasteiger partial charge in [-0.3, -0.25) is 0 Å². The van der Waals surface area contributed by atoms with E-state index in [0.29, 0.717) is 13.0 Å². The number of hydrogen-bond donors (Lipinski definition) is 1. The summed E-state index contributed by atoms with van der Waals surface area (Å²) in [6, 6.07) is -0.272. The van der Waals surface area contributed by atoms with Crippen molar-refractivity contribution >= 4 is 6.09 Å². The lowest BCUT2D eigenvalue weighted by Crippen LogP contribution is -2.40. The molecule has 2 atom stereocenters. The SMILES string of the molecule is CC1OCCC1NC(=O)OCC(F)(F)F. The zero-order valence-corrected chi connectivity index (χ0v) is 8.13. The van der Waals surface area contributed by atoms with Gasteiger partial charge in [0.25, 0.3) is 0 Å². The highest BCUT2D eigenvalue weighted by molar-refractivity contribution is 5.67. The molecule has 0 spiro atoms. The van der Waals surface area contributed by atoms with Crippen molar-refractivity contribution in [3.8, 4) is 0 Å². The van der Waals surface area contributed by atoms with E-state index in [1.54, 1.807) is 6.92 Å². The van der Waals surface area contributed by atoms with E-state index in [2.05, 4.69) is 10.1 Å². The molecule has 1 amide bonds. The van der Waals surface area contributed by atoms with Crippen LogP contribution in [0.2, 0.25) is 0 Å². The highest BCUT2D eigenvalue weighted by Crippen LogP contribution is 2.15. The zero-order chi connectivity index (χ0) is 11.5. The van der Waals surface area contributed by atoms with Gasteiger partial charge >= 0.3 is 12.3 Å². The minimum absolute atomic E-state index is 0.191. The average molecular weight is 227 g/mol. The first-order valence-electron chi connectivity index (χ1n) is 4.50. The summed E-state index contributed by atoms with van der Waals surface area (Å²) in [7, 11) is 0. The third kappa shape index (κ3) is 4.37.